The first-order valence-corrected chi connectivity index (χ1v) is 12.8. The smallest absolute Gasteiger partial charge is 0.355 e. The van der Waals surface area contributed by atoms with Crippen molar-refractivity contribution in [3.63, 3.8) is 0 Å². The molecule has 0 saturated heterocycles. The third-order valence-electron chi connectivity index (χ3n) is 5.38. The number of aromatic nitrogens is 1. The number of thiazole rings is 1. The fourth-order valence-corrected chi connectivity index (χ4v) is 6.50. The number of aliphatic hydroxyl groups is 1. The van der Waals surface area contributed by atoms with Crippen LogP contribution in [0.1, 0.15) is 40.9 Å². The fourth-order valence-electron chi connectivity index (χ4n) is 3.84. The van der Waals surface area contributed by atoms with Crippen molar-refractivity contribution in [3.8, 4) is 0 Å². The lowest BCUT2D eigenvalue weighted by Gasteiger charge is -2.20. The number of thioether (sulfide) groups is 1. The third kappa shape index (κ3) is 6.83. The number of alkyl halides is 1. The molecule has 1 aliphatic rings. The van der Waals surface area contributed by atoms with Gasteiger partial charge < -0.3 is 10.2 Å². The number of hydrogen-bond donors (Lipinski definition) is 2. The molecule has 2 aromatic rings. The Morgan fingerprint density at radius 2 is 2.19 bits per heavy atom. The Balaban J connectivity index is 1.64. The molecule has 2 N–H and O–H groups in total. The Morgan fingerprint density at radius 3 is 2.90 bits per heavy atom. The summed E-state index contributed by atoms with van der Waals surface area (Å²) in [5.74, 6) is -0.148. The van der Waals surface area contributed by atoms with E-state index in [1.165, 1.54) is 23.1 Å². The highest BCUT2D eigenvalue weighted by Gasteiger charge is 2.39. The Morgan fingerprint density at radius 1 is 1.39 bits per heavy atom. The van der Waals surface area contributed by atoms with Crippen molar-refractivity contribution in [1.82, 2.24) is 4.98 Å². The molecule has 1 aliphatic carbocycles. The predicted octanol–water partition coefficient (Wildman–Crippen LogP) is 6.41. The molecule has 3 rings (SSSR count). The SMILES string of the molecule is C=CCCc1cc(Cl)cc(/C=C\[C@@H]2[C@@H](CCSc3nc(C(=O)O)cs3)[C@H](Cl)C[C@H]2O)c1. The lowest BCUT2D eigenvalue weighted by atomic mass is 9.91. The van der Waals surface area contributed by atoms with E-state index in [-0.39, 0.29) is 22.9 Å². The molecular formula is C23H25Cl2NO3S2. The van der Waals surface area contributed by atoms with E-state index in [4.69, 9.17) is 28.3 Å². The molecule has 1 saturated carbocycles. The summed E-state index contributed by atoms with van der Waals surface area (Å²) in [6, 6.07) is 6.00. The van der Waals surface area contributed by atoms with Gasteiger partial charge in [-0.05, 0) is 54.9 Å². The van der Waals surface area contributed by atoms with Gasteiger partial charge in [0.25, 0.3) is 0 Å². The van der Waals surface area contributed by atoms with Gasteiger partial charge in [-0.1, -0.05) is 47.7 Å². The van der Waals surface area contributed by atoms with Crippen LogP contribution in [0, 0.1) is 11.8 Å². The van der Waals surface area contributed by atoms with E-state index < -0.39 is 12.1 Å². The highest BCUT2D eigenvalue weighted by Crippen LogP contribution is 2.40. The number of benzene rings is 1. The molecule has 31 heavy (non-hydrogen) atoms. The normalized spacial score (nSPS) is 23.5. The van der Waals surface area contributed by atoms with Crippen LogP contribution in [0.15, 0.2) is 46.6 Å². The summed E-state index contributed by atoms with van der Waals surface area (Å²) in [5, 5.41) is 21.7. The molecule has 8 heteroatoms. The van der Waals surface area contributed by atoms with Crippen molar-refractivity contribution < 1.29 is 15.0 Å². The van der Waals surface area contributed by atoms with Crippen molar-refractivity contribution in [1.29, 1.82) is 0 Å². The molecule has 0 amide bonds. The first kappa shape index (κ1) is 24.3. The van der Waals surface area contributed by atoms with Gasteiger partial charge in [0.2, 0.25) is 0 Å². The molecule has 0 radical (unpaired) electrons. The minimum atomic E-state index is -1.01. The molecule has 0 aliphatic heterocycles. The highest BCUT2D eigenvalue weighted by atomic mass is 35.5. The highest BCUT2D eigenvalue weighted by molar-refractivity contribution is 8.01. The van der Waals surface area contributed by atoms with Gasteiger partial charge in [0.1, 0.15) is 0 Å². The number of allylic oxidation sites excluding steroid dienone is 1. The van der Waals surface area contributed by atoms with Gasteiger partial charge in [0.05, 0.1) is 6.10 Å². The van der Waals surface area contributed by atoms with Crippen LogP contribution in [0.2, 0.25) is 5.02 Å². The minimum absolute atomic E-state index is 0.0374. The van der Waals surface area contributed by atoms with Crippen molar-refractivity contribution in [2.75, 3.05) is 5.75 Å². The van der Waals surface area contributed by atoms with Crippen molar-refractivity contribution in [3.05, 3.63) is 64.2 Å². The number of aryl methyl sites for hydroxylation is 1. The molecule has 1 aromatic heterocycles. The first-order valence-electron chi connectivity index (χ1n) is 10.1. The number of carboxylic acids is 1. The maximum Gasteiger partial charge on any atom is 0.355 e. The Kier molecular flexibility index (Phi) is 9.05. The molecular weight excluding hydrogens is 473 g/mol. The van der Waals surface area contributed by atoms with Crippen molar-refractivity contribution in [2.45, 2.75) is 41.5 Å². The van der Waals surface area contributed by atoms with Crippen molar-refractivity contribution in [2.24, 2.45) is 11.8 Å². The third-order valence-corrected chi connectivity index (χ3v) is 8.15. The number of hydrogen-bond acceptors (Lipinski definition) is 5. The van der Waals surface area contributed by atoms with Gasteiger partial charge in [-0.2, -0.15) is 0 Å². The Hall–Kier alpha value is -1.31. The van der Waals surface area contributed by atoms with E-state index in [1.807, 2.05) is 24.3 Å². The van der Waals surface area contributed by atoms with Gasteiger partial charge in [-0.25, -0.2) is 9.78 Å². The zero-order valence-electron chi connectivity index (χ0n) is 16.9. The molecule has 4 atom stereocenters. The zero-order valence-corrected chi connectivity index (χ0v) is 20.1. The number of halogens is 2. The molecule has 166 valence electrons. The minimum Gasteiger partial charge on any atom is -0.476 e. The van der Waals surface area contributed by atoms with Crippen LogP contribution in [0.4, 0.5) is 0 Å². The van der Waals surface area contributed by atoms with E-state index in [0.29, 0.717) is 11.4 Å². The lowest BCUT2D eigenvalue weighted by Crippen LogP contribution is -2.19. The molecule has 1 fully saturated rings. The fraction of sp³-hybridized carbons (Fsp3) is 0.391. The molecule has 1 heterocycles. The Bertz CT molecular complexity index is 947. The molecule has 4 nitrogen and oxygen atoms in total. The lowest BCUT2D eigenvalue weighted by molar-refractivity contribution is 0.0691. The second-order valence-corrected chi connectivity index (χ2v) is 10.8. The summed E-state index contributed by atoms with van der Waals surface area (Å²) in [6.07, 6.45) is 8.64. The quantitative estimate of drug-likeness (QED) is 0.225. The second kappa shape index (κ2) is 11.5. The van der Waals surface area contributed by atoms with Crippen molar-refractivity contribution >= 4 is 58.3 Å². The average Bonchev–Trinajstić information content (AvgIpc) is 3.29. The maximum atomic E-state index is 11.0. The van der Waals surface area contributed by atoms with Crippen LogP contribution in [0.25, 0.3) is 6.08 Å². The van der Waals surface area contributed by atoms with Gasteiger partial charge >= 0.3 is 5.97 Å². The van der Waals surface area contributed by atoms with Crippen LogP contribution in [0.5, 0.6) is 0 Å². The number of nitrogens with zero attached hydrogens (tertiary/aromatic N) is 1. The summed E-state index contributed by atoms with van der Waals surface area (Å²) in [4.78, 5) is 15.1. The largest absolute Gasteiger partial charge is 0.476 e. The predicted molar refractivity (Wildman–Crippen MR) is 131 cm³/mol. The number of rotatable bonds is 10. The maximum absolute atomic E-state index is 11.0. The molecule has 0 unspecified atom stereocenters. The van der Waals surface area contributed by atoms with Gasteiger partial charge in [0.15, 0.2) is 10.0 Å². The average molecular weight is 498 g/mol. The number of aliphatic hydroxyl groups excluding tert-OH is 1. The monoisotopic (exact) mass is 497 g/mol. The summed E-state index contributed by atoms with van der Waals surface area (Å²) >= 11 is 15.7. The van der Waals surface area contributed by atoms with E-state index in [0.717, 1.165) is 40.5 Å². The number of aromatic carboxylic acids is 1. The standard InChI is InChI=1S/C23H25Cl2NO3S2/c1-2-3-4-14-9-15(11-16(24)10-14)5-6-18-17(19(25)12-21(18)27)7-8-30-23-26-20(13-31-23)22(28)29/h2,5-6,9-11,13,17-19,21,27H,1,3-4,7-8,12H2,(H,28,29)/b6-5-/t17-,18-,19-,21-/m1/s1. The van der Waals surface area contributed by atoms with Crippen LogP contribution >= 0.6 is 46.3 Å². The summed E-state index contributed by atoms with van der Waals surface area (Å²) in [6.45, 7) is 3.77. The molecule has 0 spiro atoms. The van der Waals surface area contributed by atoms with E-state index >= 15 is 0 Å². The first-order chi connectivity index (χ1) is 14.9. The Labute approximate surface area is 201 Å². The number of carbonyl (C=O) groups is 1. The van der Waals surface area contributed by atoms with Crippen LogP contribution < -0.4 is 0 Å². The zero-order chi connectivity index (χ0) is 22.4. The molecule has 0 bridgehead atoms. The van der Waals surface area contributed by atoms with E-state index in [1.54, 1.807) is 5.38 Å². The molecule has 1 aromatic carbocycles. The van der Waals surface area contributed by atoms with Crippen LogP contribution in [-0.4, -0.2) is 38.4 Å². The van der Waals surface area contributed by atoms with Crippen LogP contribution in [0.3, 0.4) is 0 Å². The number of carboxylic acid groups (broad SMARTS) is 1. The van der Waals surface area contributed by atoms with Gasteiger partial charge in [-0.3, -0.25) is 0 Å². The van der Waals surface area contributed by atoms with E-state index in [9.17, 15) is 9.90 Å². The second-order valence-electron chi connectivity index (χ2n) is 7.58. The van der Waals surface area contributed by atoms with Gasteiger partial charge in [0, 0.05) is 27.5 Å². The van der Waals surface area contributed by atoms with E-state index in [2.05, 4.69) is 23.7 Å². The van der Waals surface area contributed by atoms with Crippen LogP contribution in [-0.2, 0) is 6.42 Å². The topological polar surface area (TPSA) is 70.4 Å². The summed E-state index contributed by atoms with van der Waals surface area (Å²) < 4.78 is 0.736. The van der Waals surface area contributed by atoms with Gasteiger partial charge in [-0.15, -0.1) is 29.5 Å². The summed E-state index contributed by atoms with van der Waals surface area (Å²) in [5.41, 5.74) is 2.24. The summed E-state index contributed by atoms with van der Waals surface area (Å²) in [7, 11) is 0.